The number of benzene rings is 4. The summed E-state index contributed by atoms with van der Waals surface area (Å²) in [5.41, 5.74) is 3.65. The Balaban J connectivity index is 1.39. The lowest BCUT2D eigenvalue weighted by Crippen LogP contribution is -2.47. The SMILES string of the molecule is COc1ccccc1N1CCN(c2ccc(NC(=O)c3cccc4ccccc34)cc2C(=O)NC(C)C)CC1. The van der Waals surface area contributed by atoms with E-state index < -0.39 is 0 Å². The van der Waals surface area contributed by atoms with Gasteiger partial charge in [0.05, 0.1) is 18.4 Å². The van der Waals surface area contributed by atoms with Crippen LogP contribution in [0.3, 0.4) is 0 Å². The maximum Gasteiger partial charge on any atom is 0.256 e. The van der Waals surface area contributed by atoms with Crippen LogP contribution < -0.4 is 25.2 Å². The zero-order valence-electron chi connectivity index (χ0n) is 22.6. The van der Waals surface area contributed by atoms with Crippen molar-refractivity contribution in [2.45, 2.75) is 19.9 Å². The number of nitrogens with one attached hydrogen (secondary N) is 2. The van der Waals surface area contributed by atoms with Crippen LogP contribution >= 0.6 is 0 Å². The Morgan fingerprint density at radius 2 is 1.41 bits per heavy atom. The maximum atomic E-state index is 13.3. The van der Waals surface area contributed by atoms with Crippen LogP contribution in [0.2, 0.25) is 0 Å². The van der Waals surface area contributed by atoms with E-state index in [-0.39, 0.29) is 17.9 Å². The summed E-state index contributed by atoms with van der Waals surface area (Å²) in [7, 11) is 1.69. The Bertz CT molecular complexity index is 1490. The third kappa shape index (κ3) is 5.67. The molecule has 0 saturated carbocycles. The van der Waals surface area contributed by atoms with Gasteiger partial charge in [-0.1, -0.05) is 48.5 Å². The first-order chi connectivity index (χ1) is 18.9. The minimum absolute atomic E-state index is 0.0123. The number of methoxy groups -OCH3 is 1. The zero-order chi connectivity index (χ0) is 27.4. The minimum Gasteiger partial charge on any atom is -0.495 e. The maximum absolute atomic E-state index is 13.3. The van der Waals surface area contributed by atoms with Crippen LogP contribution in [-0.2, 0) is 0 Å². The van der Waals surface area contributed by atoms with Crippen LogP contribution in [0, 0.1) is 0 Å². The van der Waals surface area contributed by atoms with Gasteiger partial charge in [0, 0.05) is 49.2 Å². The molecule has 5 rings (SSSR count). The van der Waals surface area contributed by atoms with Gasteiger partial charge in [-0.3, -0.25) is 9.59 Å². The molecule has 1 aliphatic rings. The standard InChI is InChI=1S/C32H34N4O3/c1-22(2)33-32(38)27-21-24(34-31(37)26-12-8-10-23-9-4-5-11-25(23)26)15-16-28(27)35-17-19-36(20-18-35)29-13-6-7-14-30(29)39-3/h4-16,21-22H,17-20H2,1-3H3,(H,33,38)(H,34,37). The molecule has 0 atom stereocenters. The van der Waals surface area contributed by atoms with E-state index in [1.165, 1.54) is 0 Å². The number of hydrogen-bond donors (Lipinski definition) is 2. The van der Waals surface area contributed by atoms with Crippen LogP contribution in [0.5, 0.6) is 5.75 Å². The van der Waals surface area contributed by atoms with E-state index >= 15 is 0 Å². The van der Waals surface area contributed by atoms with Gasteiger partial charge in [0.15, 0.2) is 0 Å². The van der Waals surface area contributed by atoms with E-state index in [2.05, 4.69) is 26.5 Å². The highest BCUT2D eigenvalue weighted by Gasteiger charge is 2.24. The Morgan fingerprint density at radius 1 is 0.744 bits per heavy atom. The molecule has 1 heterocycles. The van der Waals surface area contributed by atoms with Crippen molar-refractivity contribution in [1.29, 1.82) is 0 Å². The Kier molecular flexibility index (Phi) is 7.68. The number of amides is 2. The summed E-state index contributed by atoms with van der Waals surface area (Å²) in [5.74, 6) is 0.489. The molecule has 2 amide bonds. The molecule has 2 N–H and O–H groups in total. The molecule has 39 heavy (non-hydrogen) atoms. The molecule has 0 unspecified atom stereocenters. The van der Waals surface area contributed by atoms with Gasteiger partial charge in [-0.15, -0.1) is 0 Å². The van der Waals surface area contributed by atoms with Crippen LogP contribution in [-0.4, -0.2) is 51.1 Å². The lowest BCUT2D eigenvalue weighted by atomic mass is 10.0. The molecular formula is C32H34N4O3. The van der Waals surface area contributed by atoms with Crippen LogP contribution in [0.25, 0.3) is 10.8 Å². The molecule has 0 bridgehead atoms. The number of piperazine rings is 1. The molecule has 4 aromatic rings. The van der Waals surface area contributed by atoms with Gasteiger partial charge < -0.3 is 25.2 Å². The van der Waals surface area contributed by atoms with Crippen LogP contribution in [0.15, 0.2) is 84.9 Å². The first-order valence-electron chi connectivity index (χ1n) is 13.3. The number of hydrogen-bond acceptors (Lipinski definition) is 5. The fourth-order valence-corrected chi connectivity index (χ4v) is 5.11. The topological polar surface area (TPSA) is 73.9 Å². The predicted octanol–water partition coefficient (Wildman–Crippen LogP) is 5.57. The first-order valence-corrected chi connectivity index (χ1v) is 13.3. The van der Waals surface area contributed by atoms with Crippen molar-refractivity contribution in [1.82, 2.24) is 5.32 Å². The molecule has 1 fully saturated rings. The molecule has 0 aliphatic carbocycles. The third-order valence-electron chi connectivity index (χ3n) is 7.00. The molecule has 7 nitrogen and oxygen atoms in total. The van der Waals surface area contributed by atoms with E-state index in [0.717, 1.165) is 54.1 Å². The lowest BCUT2D eigenvalue weighted by molar-refractivity contribution is 0.0942. The van der Waals surface area contributed by atoms with E-state index in [9.17, 15) is 9.59 Å². The fraction of sp³-hybridized carbons (Fsp3) is 0.250. The summed E-state index contributed by atoms with van der Waals surface area (Å²) < 4.78 is 5.56. The number of rotatable bonds is 7. The van der Waals surface area contributed by atoms with E-state index in [4.69, 9.17) is 4.74 Å². The Labute approximate surface area is 229 Å². The van der Waals surface area contributed by atoms with Gasteiger partial charge in [-0.2, -0.15) is 0 Å². The number of carbonyl (C=O) groups is 2. The summed E-state index contributed by atoms with van der Waals surface area (Å²) >= 11 is 0. The van der Waals surface area contributed by atoms with Gasteiger partial charge in [0.25, 0.3) is 11.8 Å². The van der Waals surface area contributed by atoms with Gasteiger partial charge in [0.1, 0.15) is 5.75 Å². The van der Waals surface area contributed by atoms with Gasteiger partial charge in [-0.25, -0.2) is 0 Å². The number of ether oxygens (including phenoxy) is 1. The summed E-state index contributed by atoms with van der Waals surface area (Å²) in [6, 6.07) is 27.1. The van der Waals surface area contributed by atoms with Gasteiger partial charge in [-0.05, 0) is 61.0 Å². The summed E-state index contributed by atoms with van der Waals surface area (Å²) in [6.07, 6.45) is 0. The predicted molar refractivity (Wildman–Crippen MR) is 158 cm³/mol. The highest BCUT2D eigenvalue weighted by atomic mass is 16.5. The van der Waals surface area contributed by atoms with E-state index in [0.29, 0.717) is 16.8 Å². The third-order valence-corrected chi connectivity index (χ3v) is 7.00. The molecule has 0 radical (unpaired) electrons. The monoisotopic (exact) mass is 522 g/mol. The average Bonchev–Trinajstić information content (AvgIpc) is 2.96. The smallest absolute Gasteiger partial charge is 0.256 e. The minimum atomic E-state index is -0.208. The van der Waals surface area contributed by atoms with Crippen molar-refractivity contribution in [3.8, 4) is 5.75 Å². The summed E-state index contributed by atoms with van der Waals surface area (Å²) in [4.78, 5) is 31.1. The molecule has 1 aliphatic heterocycles. The second-order valence-electron chi connectivity index (χ2n) is 9.99. The Morgan fingerprint density at radius 3 is 2.15 bits per heavy atom. The van der Waals surface area contributed by atoms with Gasteiger partial charge >= 0.3 is 0 Å². The second-order valence-corrected chi connectivity index (χ2v) is 9.99. The molecule has 200 valence electrons. The number of anilines is 3. The lowest BCUT2D eigenvalue weighted by Gasteiger charge is -2.38. The summed E-state index contributed by atoms with van der Waals surface area (Å²) in [5, 5.41) is 7.92. The Hall–Kier alpha value is -4.52. The van der Waals surface area contributed by atoms with Crippen molar-refractivity contribution in [3.05, 3.63) is 96.1 Å². The number of para-hydroxylation sites is 2. The normalized spacial score (nSPS) is 13.4. The summed E-state index contributed by atoms with van der Waals surface area (Å²) in [6.45, 7) is 6.98. The molecule has 0 spiro atoms. The molecule has 7 heteroatoms. The van der Waals surface area contributed by atoms with E-state index in [1.54, 1.807) is 13.2 Å². The largest absolute Gasteiger partial charge is 0.495 e. The quantitative estimate of drug-likeness (QED) is 0.332. The second kappa shape index (κ2) is 11.5. The van der Waals surface area contributed by atoms with Crippen molar-refractivity contribution >= 4 is 39.6 Å². The molecule has 4 aromatic carbocycles. The molecule has 1 saturated heterocycles. The molecular weight excluding hydrogens is 488 g/mol. The fourth-order valence-electron chi connectivity index (χ4n) is 5.11. The van der Waals surface area contributed by atoms with Crippen LogP contribution in [0.4, 0.5) is 17.1 Å². The average molecular weight is 523 g/mol. The van der Waals surface area contributed by atoms with Crippen LogP contribution in [0.1, 0.15) is 34.6 Å². The van der Waals surface area contributed by atoms with Crippen molar-refractivity contribution < 1.29 is 14.3 Å². The number of nitrogens with zero attached hydrogens (tertiary/aromatic N) is 2. The number of fused-ring (bicyclic) bond motifs is 1. The number of carbonyl (C=O) groups excluding carboxylic acids is 2. The van der Waals surface area contributed by atoms with Gasteiger partial charge in [0.2, 0.25) is 0 Å². The highest BCUT2D eigenvalue weighted by molar-refractivity contribution is 6.13. The van der Waals surface area contributed by atoms with Crippen molar-refractivity contribution in [2.75, 3.05) is 48.4 Å². The highest BCUT2D eigenvalue weighted by Crippen LogP contribution is 2.31. The van der Waals surface area contributed by atoms with E-state index in [1.807, 2.05) is 86.6 Å². The van der Waals surface area contributed by atoms with Crippen molar-refractivity contribution in [3.63, 3.8) is 0 Å². The first kappa shape index (κ1) is 26.1. The molecule has 0 aromatic heterocycles. The van der Waals surface area contributed by atoms with Crippen molar-refractivity contribution in [2.24, 2.45) is 0 Å². The zero-order valence-corrected chi connectivity index (χ0v) is 22.6.